The van der Waals surface area contributed by atoms with Crippen molar-refractivity contribution in [2.75, 3.05) is 13.1 Å². The van der Waals surface area contributed by atoms with Gasteiger partial charge in [0.05, 0.1) is 0 Å². The molecule has 0 aliphatic carbocycles. The number of amides is 1. The van der Waals surface area contributed by atoms with Crippen molar-refractivity contribution in [3.63, 3.8) is 0 Å². The zero-order valence-electron chi connectivity index (χ0n) is 13.4. The Morgan fingerprint density at radius 1 is 1.38 bits per heavy atom. The number of hydrogen-bond acceptors (Lipinski definition) is 3. The number of aromatic nitrogens is 2. The van der Waals surface area contributed by atoms with Crippen molar-refractivity contribution in [1.29, 1.82) is 0 Å². The van der Waals surface area contributed by atoms with Crippen LogP contribution in [0, 0.1) is 5.92 Å². The lowest BCUT2D eigenvalue weighted by atomic mass is 9.96. The number of likely N-dealkylation sites (tertiary alicyclic amines) is 1. The molecule has 0 spiro atoms. The third-order valence-electron chi connectivity index (χ3n) is 3.57. The number of piperidine rings is 1. The predicted octanol–water partition coefficient (Wildman–Crippen LogP) is 3.08. The van der Waals surface area contributed by atoms with Crippen LogP contribution in [0.2, 0.25) is 0 Å². The number of imidazole rings is 1. The summed E-state index contributed by atoms with van der Waals surface area (Å²) in [5.41, 5.74) is -0.425. The Balaban J connectivity index is 1.82. The fourth-order valence-corrected chi connectivity index (χ4v) is 2.36. The number of rotatable bonds is 2. The maximum Gasteiger partial charge on any atom is 0.410 e. The normalized spacial score (nSPS) is 17.4. The third-order valence-corrected chi connectivity index (χ3v) is 3.57. The average molecular weight is 291 g/mol. The molecule has 0 unspecified atom stereocenters. The molecule has 2 heterocycles. The lowest BCUT2D eigenvalue weighted by Gasteiger charge is -2.32. The van der Waals surface area contributed by atoms with Gasteiger partial charge in [-0.1, -0.05) is 6.08 Å². The zero-order chi connectivity index (χ0) is 15.5. The highest BCUT2D eigenvalue weighted by Crippen LogP contribution is 2.21. The molecule has 0 aromatic carbocycles. The Morgan fingerprint density at radius 2 is 2.05 bits per heavy atom. The van der Waals surface area contributed by atoms with E-state index in [1.54, 1.807) is 11.1 Å². The van der Waals surface area contributed by atoms with Gasteiger partial charge >= 0.3 is 6.09 Å². The van der Waals surface area contributed by atoms with E-state index in [1.165, 1.54) is 0 Å². The first-order valence-corrected chi connectivity index (χ1v) is 7.48. The van der Waals surface area contributed by atoms with Crippen LogP contribution in [0.5, 0.6) is 0 Å². The minimum absolute atomic E-state index is 0.200. The van der Waals surface area contributed by atoms with Gasteiger partial charge < -0.3 is 14.2 Å². The molecule has 1 aliphatic rings. The van der Waals surface area contributed by atoms with E-state index in [9.17, 15) is 4.79 Å². The quantitative estimate of drug-likeness (QED) is 0.841. The molecule has 116 valence electrons. The molecule has 0 N–H and O–H groups in total. The highest BCUT2D eigenvalue weighted by molar-refractivity contribution is 5.68. The van der Waals surface area contributed by atoms with Gasteiger partial charge in [-0.15, -0.1) is 0 Å². The number of carbonyl (C=O) groups is 1. The van der Waals surface area contributed by atoms with Crippen LogP contribution in [0.25, 0.3) is 6.08 Å². The second-order valence-corrected chi connectivity index (χ2v) is 6.56. The van der Waals surface area contributed by atoms with E-state index in [0.29, 0.717) is 5.92 Å². The smallest absolute Gasteiger partial charge is 0.410 e. The van der Waals surface area contributed by atoms with Crippen LogP contribution >= 0.6 is 0 Å². The Hall–Kier alpha value is -1.78. The van der Waals surface area contributed by atoms with Gasteiger partial charge in [0.25, 0.3) is 0 Å². The minimum atomic E-state index is -0.425. The van der Waals surface area contributed by atoms with Crippen molar-refractivity contribution in [1.82, 2.24) is 14.5 Å². The first-order valence-electron chi connectivity index (χ1n) is 7.48. The highest BCUT2D eigenvalue weighted by Gasteiger charge is 2.25. The highest BCUT2D eigenvalue weighted by atomic mass is 16.6. The van der Waals surface area contributed by atoms with Crippen molar-refractivity contribution in [3.8, 4) is 0 Å². The van der Waals surface area contributed by atoms with E-state index in [0.717, 1.165) is 31.8 Å². The molecule has 2 rings (SSSR count). The van der Waals surface area contributed by atoms with Crippen molar-refractivity contribution >= 4 is 12.2 Å². The lowest BCUT2D eigenvalue weighted by molar-refractivity contribution is 0.0197. The fraction of sp³-hybridized carbons (Fsp3) is 0.625. The minimum Gasteiger partial charge on any atom is -0.444 e. The van der Waals surface area contributed by atoms with Crippen LogP contribution in [0.15, 0.2) is 18.5 Å². The largest absolute Gasteiger partial charge is 0.444 e. The van der Waals surface area contributed by atoms with Crippen LogP contribution in [0.1, 0.15) is 39.4 Å². The van der Waals surface area contributed by atoms with Gasteiger partial charge in [0, 0.05) is 32.5 Å². The Bertz CT molecular complexity index is 506. The lowest BCUT2D eigenvalue weighted by Crippen LogP contribution is -2.41. The summed E-state index contributed by atoms with van der Waals surface area (Å²) in [6.45, 7) is 7.20. The van der Waals surface area contributed by atoms with E-state index in [-0.39, 0.29) is 6.09 Å². The number of ether oxygens (including phenoxy) is 1. The first kappa shape index (κ1) is 15.6. The molecule has 1 fully saturated rings. The zero-order valence-corrected chi connectivity index (χ0v) is 13.4. The summed E-state index contributed by atoms with van der Waals surface area (Å²) in [6.07, 6.45) is 9.74. The van der Waals surface area contributed by atoms with Crippen molar-refractivity contribution in [2.45, 2.75) is 39.2 Å². The average Bonchev–Trinajstić information content (AvgIpc) is 2.80. The summed E-state index contributed by atoms with van der Waals surface area (Å²) in [6, 6.07) is 0. The first-order chi connectivity index (χ1) is 9.85. The predicted molar refractivity (Wildman–Crippen MR) is 82.8 cm³/mol. The summed E-state index contributed by atoms with van der Waals surface area (Å²) in [5, 5.41) is 0. The number of carbonyl (C=O) groups excluding carboxylic acids is 1. The molecule has 5 heteroatoms. The van der Waals surface area contributed by atoms with E-state index in [1.807, 2.05) is 38.6 Å². The molecule has 1 aromatic heterocycles. The molecule has 1 saturated heterocycles. The van der Waals surface area contributed by atoms with Gasteiger partial charge in [0.15, 0.2) is 0 Å². The Labute approximate surface area is 126 Å². The molecule has 21 heavy (non-hydrogen) atoms. The molecule has 0 atom stereocenters. The number of nitrogens with zero attached hydrogens (tertiary/aromatic N) is 3. The summed E-state index contributed by atoms with van der Waals surface area (Å²) >= 11 is 0. The second-order valence-electron chi connectivity index (χ2n) is 6.56. The molecule has 0 saturated carbocycles. The monoisotopic (exact) mass is 291 g/mol. The molecule has 0 bridgehead atoms. The summed E-state index contributed by atoms with van der Waals surface area (Å²) in [7, 11) is 1.98. The summed E-state index contributed by atoms with van der Waals surface area (Å²) in [4.78, 5) is 18.1. The molecular formula is C16H25N3O2. The van der Waals surface area contributed by atoms with Crippen LogP contribution in [0.4, 0.5) is 4.79 Å². The fourth-order valence-electron chi connectivity index (χ4n) is 2.36. The van der Waals surface area contributed by atoms with E-state index in [2.05, 4.69) is 17.1 Å². The van der Waals surface area contributed by atoms with Crippen LogP contribution < -0.4 is 0 Å². The van der Waals surface area contributed by atoms with E-state index >= 15 is 0 Å². The topological polar surface area (TPSA) is 47.4 Å². The maximum absolute atomic E-state index is 12.0. The maximum atomic E-state index is 12.0. The van der Waals surface area contributed by atoms with Gasteiger partial charge in [-0.2, -0.15) is 0 Å². The number of allylic oxidation sites excluding steroid dienone is 1. The van der Waals surface area contributed by atoms with Crippen LogP contribution in [-0.2, 0) is 11.8 Å². The molecule has 0 radical (unpaired) electrons. The summed E-state index contributed by atoms with van der Waals surface area (Å²) < 4.78 is 7.40. The summed E-state index contributed by atoms with van der Waals surface area (Å²) in [5.74, 6) is 1.46. The van der Waals surface area contributed by atoms with Crippen LogP contribution in [0.3, 0.4) is 0 Å². The molecule has 1 aromatic rings. The van der Waals surface area contributed by atoms with Crippen molar-refractivity contribution in [3.05, 3.63) is 24.3 Å². The Kier molecular flexibility index (Phi) is 4.70. The van der Waals surface area contributed by atoms with E-state index in [4.69, 9.17) is 4.74 Å². The second kappa shape index (κ2) is 6.33. The molecule has 1 amide bonds. The number of aryl methyl sites for hydroxylation is 1. The number of hydrogen-bond donors (Lipinski definition) is 0. The van der Waals surface area contributed by atoms with Gasteiger partial charge in [0.1, 0.15) is 11.4 Å². The van der Waals surface area contributed by atoms with Gasteiger partial charge in [-0.3, -0.25) is 0 Å². The van der Waals surface area contributed by atoms with Gasteiger partial charge in [-0.05, 0) is 45.6 Å². The SMILES string of the molecule is Cn1ccnc1C=CC1CCN(C(=O)OC(C)(C)C)CC1. The van der Waals surface area contributed by atoms with E-state index < -0.39 is 5.60 Å². The Morgan fingerprint density at radius 3 is 2.57 bits per heavy atom. The molecular weight excluding hydrogens is 266 g/mol. The third kappa shape index (κ3) is 4.62. The standard InChI is InChI=1S/C16H25N3O2/c1-16(2,3)21-15(20)19-10-7-13(8-11-19)5-6-14-17-9-12-18(14)4/h5-6,9,12-13H,7-8,10-11H2,1-4H3. The van der Waals surface area contributed by atoms with Crippen molar-refractivity contribution in [2.24, 2.45) is 13.0 Å². The van der Waals surface area contributed by atoms with Gasteiger partial charge in [0.2, 0.25) is 0 Å². The molecule has 1 aliphatic heterocycles. The van der Waals surface area contributed by atoms with Crippen molar-refractivity contribution < 1.29 is 9.53 Å². The van der Waals surface area contributed by atoms with Crippen LogP contribution in [-0.4, -0.2) is 39.2 Å². The molecule has 5 nitrogen and oxygen atoms in total. The van der Waals surface area contributed by atoms with Gasteiger partial charge in [-0.25, -0.2) is 9.78 Å².